The van der Waals surface area contributed by atoms with Crippen molar-refractivity contribution in [3.8, 4) is 11.3 Å². The molecule has 0 saturated carbocycles. The maximum Gasteiger partial charge on any atom is 0.251 e. The maximum absolute atomic E-state index is 12.1. The average molecular weight is 377 g/mol. The minimum absolute atomic E-state index is 0.0132. The number of rotatable bonds is 10. The number of hydrogen-bond acceptors (Lipinski definition) is 4. The van der Waals surface area contributed by atoms with Gasteiger partial charge in [0.15, 0.2) is 0 Å². The smallest absolute Gasteiger partial charge is 0.251 e. The Balaban J connectivity index is 1.26. The van der Waals surface area contributed by atoms with E-state index in [2.05, 4.69) is 20.6 Å². The van der Waals surface area contributed by atoms with Crippen LogP contribution in [0.15, 0.2) is 55.0 Å². The molecule has 1 aromatic carbocycles. The Morgan fingerprint density at radius 2 is 1.93 bits per heavy atom. The van der Waals surface area contributed by atoms with E-state index in [1.807, 2.05) is 54.2 Å². The van der Waals surface area contributed by atoms with Crippen molar-refractivity contribution in [2.75, 3.05) is 6.54 Å². The summed E-state index contributed by atoms with van der Waals surface area (Å²) in [7, 11) is 0. The highest BCUT2D eigenvalue weighted by molar-refractivity contribution is 5.94. The zero-order chi connectivity index (χ0) is 19.6. The van der Waals surface area contributed by atoms with Crippen LogP contribution in [0.3, 0.4) is 0 Å². The molecule has 1 N–H and O–H groups in total. The van der Waals surface area contributed by atoms with Crippen molar-refractivity contribution in [2.24, 2.45) is 0 Å². The lowest BCUT2D eigenvalue weighted by Gasteiger charge is -2.06. The first-order valence-corrected chi connectivity index (χ1v) is 9.88. The summed E-state index contributed by atoms with van der Waals surface area (Å²) in [5.41, 5.74) is 3.69. The van der Waals surface area contributed by atoms with Crippen LogP contribution in [-0.2, 0) is 6.54 Å². The van der Waals surface area contributed by atoms with Gasteiger partial charge < -0.3 is 5.32 Å². The summed E-state index contributed by atoms with van der Waals surface area (Å²) in [5.74, 6) is 0.0132. The van der Waals surface area contributed by atoms with Gasteiger partial charge in [0.1, 0.15) is 5.69 Å². The van der Waals surface area contributed by atoms with Crippen LogP contribution < -0.4 is 5.32 Å². The molecule has 1 amide bonds. The van der Waals surface area contributed by atoms with E-state index < -0.39 is 0 Å². The number of aromatic nitrogens is 4. The Morgan fingerprint density at radius 1 is 1.07 bits per heavy atom. The van der Waals surface area contributed by atoms with Gasteiger partial charge in [0.25, 0.3) is 5.91 Å². The normalized spacial score (nSPS) is 10.8. The van der Waals surface area contributed by atoms with Crippen LogP contribution in [0.4, 0.5) is 0 Å². The summed E-state index contributed by atoms with van der Waals surface area (Å²) < 4.78 is 1.89. The molecule has 0 bridgehead atoms. The number of pyridine rings is 1. The average Bonchev–Trinajstić information content (AvgIpc) is 3.19. The van der Waals surface area contributed by atoms with Gasteiger partial charge in [-0.15, -0.1) is 5.10 Å². The Kier molecular flexibility index (Phi) is 7.29. The van der Waals surface area contributed by atoms with Gasteiger partial charge in [-0.1, -0.05) is 42.2 Å². The SMILES string of the molecule is Cc1cccc(C(=O)NCCCCCCCn2cc(-c3cccnc3)nn2)c1. The lowest BCUT2D eigenvalue weighted by molar-refractivity contribution is 0.0953. The summed E-state index contributed by atoms with van der Waals surface area (Å²) in [4.78, 5) is 16.2. The molecule has 0 radical (unpaired) electrons. The summed E-state index contributed by atoms with van der Waals surface area (Å²) >= 11 is 0. The van der Waals surface area contributed by atoms with Gasteiger partial charge in [-0.25, -0.2) is 0 Å². The van der Waals surface area contributed by atoms with E-state index in [4.69, 9.17) is 0 Å². The van der Waals surface area contributed by atoms with Crippen LogP contribution >= 0.6 is 0 Å². The van der Waals surface area contributed by atoms with Crippen LogP contribution in [0.25, 0.3) is 11.3 Å². The Hall–Kier alpha value is -3.02. The Morgan fingerprint density at radius 3 is 2.75 bits per heavy atom. The van der Waals surface area contributed by atoms with Crippen molar-refractivity contribution >= 4 is 5.91 Å². The van der Waals surface area contributed by atoms with E-state index in [0.717, 1.165) is 67.6 Å². The largest absolute Gasteiger partial charge is 0.352 e. The van der Waals surface area contributed by atoms with E-state index in [0.29, 0.717) is 0 Å². The van der Waals surface area contributed by atoms with Gasteiger partial charge in [-0.3, -0.25) is 14.5 Å². The second-order valence-electron chi connectivity index (χ2n) is 7.00. The summed E-state index contributed by atoms with van der Waals surface area (Å²) in [5, 5.41) is 11.4. The third-order valence-corrected chi connectivity index (χ3v) is 4.63. The number of carbonyl (C=O) groups excluding carboxylic acids is 1. The standard InChI is InChI=1S/C22H27N5O/c1-18-9-7-10-19(15-18)22(28)24-13-5-3-2-4-6-14-27-17-21(25-26-27)20-11-8-12-23-16-20/h7-12,15-17H,2-6,13-14H2,1H3,(H,24,28). The molecule has 0 atom stereocenters. The fourth-order valence-electron chi connectivity index (χ4n) is 3.07. The predicted octanol–water partition coefficient (Wildman–Crippen LogP) is 4.03. The van der Waals surface area contributed by atoms with E-state index in [1.54, 1.807) is 12.4 Å². The second-order valence-corrected chi connectivity index (χ2v) is 7.00. The monoisotopic (exact) mass is 377 g/mol. The van der Waals surface area contributed by atoms with E-state index >= 15 is 0 Å². The van der Waals surface area contributed by atoms with Crippen LogP contribution in [0, 0.1) is 6.92 Å². The molecule has 6 nitrogen and oxygen atoms in total. The number of carbonyl (C=O) groups is 1. The van der Waals surface area contributed by atoms with Crippen LogP contribution in [-0.4, -0.2) is 32.4 Å². The molecule has 0 fully saturated rings. The first-order valence-electron chi connectivity index (χ1n) is 9.88. The molecule has 3 aromatic rings. The Labute approximate surface area is 166 Å². The van der Waals surface area contributed by atoms with Crippen LogP contribution in [0.5, 0.6) is 0 Å². The summed E-state index contributed by atoms with van der Waals surface area (Å²) in [6, 6.07) is 11.6. The lowest BCUT2D eigenvalue weighted by Crippen LogP contribution is -2.24. The topological polar surface area (TPSA) is 72.7 Å². The maximum atomic E-state index is 12.1. The molecule has 0 saturated heterocycles. The molecule has 0 spiro atoms. The highest BCUT2D eigenvalue weighted by atomic mass is 16.1. The molecule has 2 aromatic heterocycles. The van der Waals surface area contributed by atoms with E-state index in [-0.39, 0.29) is 5.91 Å². The number of aryl methyl sites for hydroxylation is 2. The quantitative estimate of drug-likeness (QED) is 0.542. The first kappa shape index (κ1) is 19.7. The van der Waals surface area contributed by atoms with Crippen molar-refractivity contribution in [1.82, 2.24) is 25.3 Å². The van der Waals surface area contributed by atoms with Gasteiger partial charge in [-0.2, -0.15) is 0 Å². The van der Waals surface area contributed by atoms with Crippen LogP contribution in [0.1, 0.15) is 48.0 Å². The third-order valence-electron chi connectivity index (χ3n) is 4.63. The van der Waals surface area contributed by atoms with Gasteiger partial charge in [-0.05, 0) is 44.0 Å². The highest BCUT2D eigenvalue weighted by Crippen LogP contribution is 2.14. The summed E-state index contributed by atoms with van der Waals surface area (Å²) in [6.45, 7) is 3.59. The molecule has 0 unspecified atom stereocenters. The van der Waals surface area contributed by atoms with Crippen molar-refractivity contribution < 1.29 is 4.79 Å². The van der Waals surface area contributed by atoms with Gasteiger partial charge in [0.2, 0.25) is 0 Å². The van der Waals surface area contributed by atoms with Crippen molar-refractivity contribution in [1.29, 1.82) is 0 Å². The molecule has 6 heteroatoms. The second kappa shape index (κ2) is 10.3. The molecule has 0 aliphatic carbocycles. The van der Waals surface area contributed by atoms with Crippen LogP contribution in [0.2, 0.25) is 0 Å². The number of nitrogens with one attached hydrogen (secondary N) is 1. The van der Waals surface area contributed by atoms with Gasteiger partial charge >= 0.3 is 0 Å². The minimum atomic E-state index is 0.0132. The zero-order valence-corrected chi connectivity index (χ0v) is 16.3. The molecule has 0 aliphatic rings. The summed E-state index contributed by atoms with van der Waals surface area (Å²) in [6.07, 6.45) is 11.0. The number of amides is 1. The zero-order valence-electron chi connectivity index (χ0n) is 16.3. The molecule has 3 rings (SSSR count). The molecule has 28 heavy (non-hydrogen) atoms. The molecule has 2 heterocycles. The Bertz CT molecular complexity index is 875. The number of hydrogen-bond donors (Lipinski definition) is 1. The number of benzene rings is 1. The van der Waals surface area contributed by atoms with Gasteiger partial charge in [0.05, 0.1) is 6.20 Å². The van der Waals surface area contributed by atoms with E-state index in [1.165, 1.54) is 0 Å². The molecule has 146 valence electrons. The first-order chi connectivity index (χ1) is 13.7. The molecular formula is C22H27N5O. The molecular weight excluding hydrogens is 350 g/mol. The van der Waals surface area contributed by atoms with Gasteiger partial charge in [0, 0.05) is 36.6 Å². The number of nitrogens with zero attached hydrogens (tertiary/aromatic N) is 4. The third kappa shape index (κ3) is 6.01. The van der Waals surface area contributed by atoms with Crippen molar-refractivity contribution in [3.05, 3.63) is 66.1 Å². The fourth-order valence-corrected chi connectivity index (χ4v) is 3.07. The number of unbranched alkanes of at least 4 members (excludes halogenated alkanes) is 4. The minimum Gasteiger partial charge on any atom is -0.352 e. The van der Waals surface area contributed by atoms with Crippen molar-refractivity contribution in [2.45, 2.75) is 45.6 Å². The predicted molar refractivity (Wildman–Crippen MR) is 110 cm³/mol. The van der Waals surface area contributed by atoms with E-state index in [9.17, 15) is 4.79 Å². The highest BCUT2D eigenvalue weighted by Gasteiger charge is 2.05. The van der Waals surface area contributed by atoms with Crippen molar-refractivity contribution in [3.63, 3.8) is 0 Å². The molecule has 0 aliphatic heterocycles. The lowest BCUT2D eigenvalue weighted by atomic mass is 10.1. The fraction of sp³-hybridized carbons (Fsp3) is 0.364.